The molecule has 3 heteroatoms. The van der Waals surface area contributed by atoms with Gasteiger partial charge in [0.1, 0.15) is 12.4 Å². The van der Waals surface area contributed by atoms with Crippen molar-refractivity contribution in [1.82, 2.24) is 0 Å². The molecule has 0 spiro atoms. The van der Waals surface area contributed by atoms with Gasteiger partial charge in [-0.25, -0.2) is 0 Å². The number of carbonyl (C=O) groups is 2. The van der Waals surface area contributed by atoms with E-state index >= 15 is 0 Å². The first-order chi connectivity index (χ1) is 16.8. The number of hydrogen-bond acceptors (Lipinski definition) is 3. The predicted molar refractivity (Wildman–Crippen MR) is 145 cm³/mol. The topological polar surface area (TPSA) is 43.4 Å². The molecule has 8 atom stereocenters. The Kier molecular flexibility index (Phi) is 6.21. The zero-order chi connectivity index (χ0) is 26.3. The fraction of sp³-hybridized carbons (Fsp3) is 0.879. The molecule has 4 saturated carbocycles. The molecule has 0 saturated heterocycles. The molecule has 0 aromatic rings. The molecule has 0 radical (unpaired) electrons. The lowest BCUT2D eigenvalue weighted by Crippen LogP contribution is -2.65. The molecule has 5 aliphatic rings. The van der Waals surface area contributed by atoms with Crippen molar-refractivity contribution in [1.29, 1.82) is 0 Å². The van der Waals surface area contributed by atoms with Crippen LogP contribution in [0, 0.1) is 50.7 Å². The van der Waals surface area contributed by atoms with E-state index in [1.165, 1.54) is 64.1 Å². The van der Waals surface area contributed by atoms with Gasteiger partial charge >= 0.3 is 5.97 Å². The largest absolute Gasteiger partial charge is 0.462 e. The van der Waals surface area contributed by atoms with Gasteiger partial charge in [0, 0.05) is 18.8 Å². The average Bonchev–Trinajstić information content (AvgIpc) is 3.16. The Morgan fingerprint density at radius 2 is 1.64 bits per heavy atom. The highest BCUT2D eigenvalue weighted by atomic mass is 16.5. The smallest absolute Gasteiger partial charge is 0.302 e. The Morgan fingerprint density at radius 3 is 2.28 bits per heavy atom. The summed E-state index contributed by atoms with van der Waals surface area (Å²) in [7, 11) is 0. The molecule has 0 N–H and O–H groups in total. The summed E-state index contributed by atoms with van der Waals surface area (Å²) in [5.41, 5.74) is 4.54. The maximum atomic E-state index is 11.9. The summed E-state index contributed by atoms with van der Waals surface area (Å²) in [5.74, 6) is 2.41. The third-order valence-corrected chi connectivity index (χ3v) is 13.5. The number of esters is 1. The van der Waals surface area contributed by atoms with Gasteiger partial charge in [0.2, 0.25) is 0 Å². The summed E-state index contributed by atoms with van der Waals surface area (Å²) in [6, 6.07) is 0. The Balaban J connectivity index is 1.53. The summed E-state index contributed by atoms with van der Waals surface area (Å²) in [4.78, 5) is 23.8. The number of aldehydes is 1. The van der Waals surface area contributed by atoms with Crippen LogP contribution in [0.4, 0.5) is 0 Å². The fourth-order valence-electron chi connectivity index (χ4n) is 11.7. The minimum atomic E-state index is -0.128. The normalized spacial score (nSPS) is 47.5. The Hall–Kier alpha value is -1.12. The van der Waals surface area contributed by atoms with Gasteiger partial charge in [0.25, 0.3) is 0 Å². The van der Waals surface area contributed by atoms with Gasteiger partial charge < -0.3 is 9.53 Å². The Morgan fingerprint density at radius 1 is 0.917 bits per heavy atom. The van der Waals surface area contributed by atoms with E-state index in [4.69, 9.17) is 4.74 Å². The van der Waals surface area contributed by atoms with Gasteiger partial charge in [-0.05, 0) is 110 Å². The van der Waals surface area contributed by atoms with Gasteiger partial charge in [0.05, 0.1) is 0 Å². The molecule has 0 amide bonds. The minimum Gasteiger partial charge on any atom is -0.462 e. The van der Waals surface area contributed by atoms with E-state index in [1.54, 1.807) is 18.1 Å². The van der Waals surface area contributed by atoms with Crippen molar-refractivity contribution in [3.8, 4) is 0 Å². The molecule has 4 fully saturated rings. The van der Waals surface area contributed by atoms with E-state index in [9.17, 15) is 9.59 Å². The SMILES string of the molecule is CC(=O)O[C@H]1CCC2(C)[C@H]3CCC4C5=C(C(C)C)CC[C@]5(CC=O)CC[C@@]4(C)[C@]3(C)CC[C@H]2C1(C)C. The van der Waals surface area contributed by atoms with E-state index < -0.39 is 0 Å². The van der Waals surface area contributed by atoms with Crippen molar-refractivity contribution in [3.63, 3.8) is 0 Å². The van der Waals surface area contributed by atoms with Crippen LogP contribution in [0.3, 0.4) is 0 Å². The maximum Gasteiger partial charge on any atom is 0.302 e. The molecule has 0 aliphatic heterocycles. The third-order valence-electron chi connectivity index (χ3n) is 13.5. The van der Waals surface area contributed by atoms with Gasteiger partial charge in [-0.1, -0.05) is 59.6 Å². The lowest BCUT2D eigenvalue weighted by Gasteiger charge is -2.72. The second-order valence-corrected chi connectivity index (χ2v) is 15.3. The molecule has 3 nitrogen and oxygen atoms in total. The summed E-state index contributed by atoms with van der Waals surface area (Å²) < 4.78 is 5.91. The van der Waals surface area contributed by atoms with Crippen LogP contribution in [-0.4, -0.2) is 18.4 Å². The monoisotopic (exact) mass is 496 g/mol. The van der Waals surface area contributed by atoms with Crippen LogP contribution in [0.2, 0.25) is 0 Å². The van der Waals surface area contributed by atoms with E-state index in [1.807, 2.05) is 0 Å². The third kappa shape index (κ3) is 3.35. The molecular weight excluding hydrogens is 444 g/mol. The summed E-state index contributed by atoms with van der Waals surface area (Å²) >= 11 is 0. The molecule has 5 aliphatic carbocycles. The first-order valence-electron chi connectivity index (χ1n) is 15.1. The number of hydrogen-bond donors (Lipinski definition) is 0. The molecule has 0 bridgehead atoms. The van der Waals surface area contributed by atoms with Crippen molar-refractivity contribution in [2.75, 3.05) is 0 Å². The Bertz CT molecular complexity index is 960. The number of carbonyl (C=O) groups excluding carboxylic acids is 2. The zero-order valence-corrected chi connectivity index (χ0v) is 24.5. The van der Waals surface area contributed by atoms with Crippen LogP contribution in [0.1, 0.15) is 126 Å². The van der Waals surface area contributed by atoms with Crippen molar-refractivity contribution in [3.05, 3.63) is 11.1 Å². The highest BCUT2D eigenvalue weighted by molar-refractivity contribution is 5.66. The van der Waals surface area contributed by atoms with Gasteiger partial charge in [-0.15, -0.1) is 0 Å². The number of rotatable bonds is 4. The first-order valence-corrected chi connectivity index (χ1v) is 15.1. The summed E-state index contributed by atoms with van der Waals surface area (Å²) in [6.07, 6.45) is 14.2. The standard InChI is InChI=1S/C33H52O3/c1-21(2)23-11-16-33(19-20-34)18-17-31(7)24(28(23)33)9-10-26-30(6)14-13-27(36-22(3)35)29(4,5)25(30)12-15-32(26,31)8/h20-21,24-27H,9-19H2,1-8H3/t24?,25-,26+,27-,30?,31+,32+,33+/m0/s1. The van der Waals surface area contributed by atoms with Crippen molar-refractivity contribution in [2.24, 2.45) is 50.7 Å². The summed E-state index contributed by atoms with van der Waals surface area (Å²) in [5, 5.41) is 0. The number of fused-ring (bicyclic) bond motifs is 7. The second-order valence-electron chi connectivity index (χ2n) is 15.3. The molecule has 2 unspecified atom stereocenters. The van der Waals surface area contributed by atoms with E-state index in [0.29, 0.717) is 39.9 Å². The number of allylic oxidation sites excluding steroid dienone is 2. The van der Waals surface area contributed by atoms with E-state index in [-0.39, 0.29) is 22.9 Å². The average molecular weight is 497 g/mol. The van der Waals surface area contributed by atoms with Crippen LogP contribution in [0.5, 0.6) is 0 Å². The Labute approximate surface area is 220 Å². The number of ether oxygens (including phenoxy) is 1. The molecule has 0 aromatic heterocycles. The van der Waals surface area contributed by atoms with Crippen molar-refractivity contribution in [2.45, 2.75) is 132 Å². The molecular formula is C33H52O3. The molecule has 0 aromatic carbocycles. The zero-order valence-electron chi connectivity index (χ0n) is 24.5. The molecule has 202 valence electrons. The molecule has 36 heavy (non-hydrogen) atoms. The predicted octanol–water partition coefficient (Wildman–Crippen LogP) is 8.31. The second kappa shape index (κ2) is 8.44. The van der Waals surface area contributed by atoms with E-state index in [0.717, 1.165) is 12.8 Å². The quantitative estimate of drug-likeness (QED) is 0.223. The van der Waals surface area contributed by atoms with Crippen LogP contribution >= 0.6 is 0 Å². The fourth-order valence-corrected chi connectivity index (χ4v) is 11.7. The highest BCUT2D eigenvalue weighted by Crippen LogP contribution is 2.77. The van der Waals surface area contributed by atoms with Crippen LogP contribution < -0.4 is 0 Å². The lowest BCUT2D eigenvalue weighted by molar-refractivity contribution is -0.232. The minimum absolute atomic E-state index is 0.0161. The van der Waals surface area contributed by atoms with Gasteiger partial charge in [-0.3, -0.25) is 4.79 Å². The van der Waals surface area contributed by atoms with Gasteiger partial charge in [0.15, 0.2) is 0 Å². The lowest BCUT2D eigenvalue weighted by atomic mass is 9.33. The van der Waals surface area contributed by atoms with Crippen LogP contribution in [0.25, 0.3) is 0 Å². The summed E-state index contributed by atoms with van der Waals surface area (Å²) in [6.45, 7) is 19.1. The molecule has 0 heterocycles. The van der Waals surface area contributed by atoms with E-state index in [2.05, 4.69) is 48.5 Å². The van der Waals surface area contributed by atoms with Crippen molar-refractivity contribution >= 4 is 12.3 Å². The van der Waals surface area contributed by atoms with Crippen LogP contribution in [-0.2, 0) is 14.3 Å². The van der Waals surface area contributed by atoms with Gasteiger partial charge in [-0.2, -0.15) is 0 Å². The molecule has 5 rings (SSSR count). The van der Waals surface area contributed by atoms with Crippen molar-refractivity contribution < 1.29 is 14.3 Å². The first kappa shape index (κ1) is 26.5. The maximum absolute atomic E-state index is 11.9. The van der Waals surface area contributed by atoms with Crippen LogP contribution in [0.15, 0.2) is 11.1 Å². The highest BCUT2D eigenvalue weighted by Gasteiger charge is 2.69.